The van der Waals surface area contributed by atoms with Crippen LogP contribution in [0.25, 0.3) is 0 Å². The van der Waals surface area contributed by atoms with Crippen molar-refractivity contribution in [2.24, 2.45) is 5.41 Å². The van der Waals surface area contributed by atoms with E-state index in [-0.39, 0.29) is 22.6 Å². The molecule has 2 fully saturated rings. The number of hydrogen-bond donors (Lipinski definition) is 0. The SMILES string of the molecule is CCOC(=O)/C=C/[C@]12O[C@@]1(C)CCCC2(C)C. The Kier molecular flexibility index (Phi) is 2.85. The van der Waals surface area contributed by atoms with Crippen molar-refractivity contribution in [2.45, 2.75) is 58.2 Å². The molecule has 0 amide bonds. The number of carbonyl (C=O) groups excluding carboxylic acids is 1. The number of ether oxygens (including phenoxy) is 2. The lowest BCUT2D eigenvalue weighted by Gasteiger charge is -2.36. The molecule has 2 rings (SSSR count). The van der Waals surface area contributed by atoms with Gasteiger partial charge in [-0.05, 0) is 39.2 Å². The van der Waals surface area contributed by atoms with Gasteiger partial charge in [0, 0.05) is 11.5 Å². The molecule has 1 saturated heterocycles. The maximum absolute atomic E-state index is 11.4. The van der Waals surface area contributed by atoms with Crippen LogP contribution in [0.1, 0.15) is 47.0 Å². The minimum atomic E-state index is -0.277. The zero-order valence-corrected chi connectivity index (χ0v) is 11.2. The third kappa shape index (κ3) is 1.81. The van der Waals surface area contributed by atoms with Crippen molar-refractivity contribution >= 4 is 5.97 Å². The van der Waals surface area contributed by atoms with Crippen LogP contribution in [-0.4, -0.2) is 23.8 Å². The standard InChI is InChI=1S/C14H22O3/c1-5-16-11(15)7-10-14-12(2,3)8-6-9-13(14,4)17-14/h7,10H,5-6,8-9H2,1-4H3/b10-7+/t13-,14+/m0/s1. The first-order chi connectivity index (χ1) is 7.87. The van der Waals surface area contributed by atoms with Crippen molar-refractivity contribution < 1.29 is 14.3 Å². The Labute approximate surface area is 103 Å². The summed E-state index contributed by atoms with van der Waals surface area (Å²) >= 11 is 0. The highest BCUT2D eigenvalue weighted by Gasteiger charge is 2.73. The van der Waals surface area contributed by atoms with E-state index in [1.165, 1.54) is 12.5 Å². The summed E-state index contributed by atoms with van der Waals surface area (Å²) in [5.74, 6) is -0.277. The van der Waals surface area contributed by atoms with Crippen molar-refractivity contribution in [3.63, 3.8) is 0 Å². The van der Waals surface area contributed by atoms with Crippen molar-refractivity contribution in [3.8, 4) is 0 Å². The molecule has 0 aromatic heterocycles. The maximum Gasteiger partial charge on any atom is 0.330 e. The minimum Gasteiger partial charge on any atom is -0.463 e. The molecule has 0 aromatic carbocycles. The topological polar surface area (TPSA) is 38.8 Å². The first-order valence-corrected chi connectivity index (χ1v) is 6.43. The lowest BCUT2D eigenvalue weighted by molar-refractivity contribution is -0.137. The van der Waals surface area contributed by atoms with Crippen LogP contribution in [0.2, 0.25) is 0 Å². The fourth-order valence-electron chi connectivity index (χ4n) is 3.29. The lowest BCUT2D eigenvalue weighted by atomic mass is 9.64. The Balaban J connectivity index is 2.16. The van der Waals surface area contributed by atoms with Crippen molar-refractivity contribution in [2.75, 3.05) is 6.61 Å². The fraction of sp³-hybridized carbons (Fsp3) is 0.786. The molecule has 96 valence electrons. The molecule has 0 N–H and O–H groups in total. The van der Waals surface area contributed by atoms with E-state index in [9.17, 15) is 4.79 Å². The van der Waals surface area contributed by atoms with Gasteiger partial charge in [0.1, 0.15) is 5.60 Å². The average Bonchev–Trinajstić information content (AvgIpc) is 2.84. The van der Waals surface area contributed by atoms with Crippen LogP contribution in [0.15, 0.2) is 12.2 Å². The second-order valence-electron chi connectivity index (χ2n) is 5.89. The van der Waals surface area contributed by atoms with Gasteiger partial charge in [-0.15, -0.1) is 0 Å². The van der Waals surface area contributed by atoms with Gasteiger partial charge >= 0.3 is 5.97 Å². The van der Waals surface area contributed by atoms with Crippen LogP contribution < -0.4 is 0 Å². The number of esters is 1. The number of hydrogen-bond acceptors (Lipinski definition) is 3. The van der Waals surface area contributed by atoms with E-state index in [0.717, 1.165) is 12.8 Å². The second kappa shape index (κ2) is 3.84. The van der Waals surface area contributed by atoms with Gasteiger partial charge in [-0.3, -0.25) is 0 Å². The van der Waals surface area contributed by atoms with Crippen LogP contribution in [-0.2, 0) is 14.3 Å². The molecule has 1 heterocycles. The summed E-state index contributed by atoms with van der Waals surface area (Å²) in [7, 11) is 0. The Hall–Kier alpha value is -0.830. The fourth-order valence-corrected chi connectivity index (χ4v) is 3.29. The largest absolute Gasteiger partial charge is 0.463 e. The zero-order valence-electron chi connectivity index (χ0n) is 11.2. The van der Waals surface area contributed by atoms with E-state index in [0.29, 0.717) is 6.61 Å². The summed E-state index contributed by atoms with van der Waals surface area (Å²) in [4.78, 5) is 11.4. The molecule has 1 aliphatic carbocycles. The summed E-state index contributed by atoms with van der Waals surface area (Å²) in [6, 6.07) is 0. The van der Waals surface area contributed by atoms with Gasteiger partial charge in [-0.1, -0.05) is 13.8 Å². The van der Waals surface area contributed by atoms with Crippen molar-refractivity contribution in [1.82, 2.24) is 0 Å². The van der Waals surface area contributed by atoms with Gasteiger partial charge in [-0.2, -0.15) is 0 Å². The molecule has 2 atom stereocenters. The second-order valence-corrected chi connectivity index (χ2v) is 5.89. The average molecular weight is 238 g/mol. The van der Waals surface area contributed by atoms with Crippen molar-refractivity contribution in [3.05, 3.63) is 12.2 Å². The predicted molar refractivity (Wildman–Crippen MR) is 65.6 cm³/mol. The molecule has 1 saturated carbocycles. The van der Waals surface area contributed by atoms with E-state index in [2.05, 4.69) is 20.8 Å². The number of rotatable bonds is 3. The highest BCUT2D eigenvalue weighted by molar-refractivity contribution is 5.82. The van der Waals surface area contributed by atoms with Gasteiger partial charge in [-0.25, -0.2) is 4.79 Å². The Morgan fingerprint density at radius 2 is 2.06 bits per heavy atom. The van der Waals surface area contributed by atoms with Gasteiger partial charge in [0.25, 0.3) is 0 Å². The summed E-state index contributed by atoms with van der Waals surface area (Å²) in [5.41, 5.74) is -0.272. The Morgan fingerprint density at radius 3 is 2.65 bits per heavy atom. The molecule has 1 aliphatic heterocycles. The molecular formula is C14H22O3. The summed E-state index contributed by atoms with van der Waals surface area (Å²) < 4.78 is 10.9. The van der Waals surface area contributed by atoms with Gasteiger partial charge < -0.3 is 9.47 Å². The first-order valence-electron chi connectivity index (χ1n) is 6.43. The van der Waals surface area contributed by atoms with Crippen LogP contribution >= 0.6 is 0 Å². The predicted octanol–water partition coefficient (Wildman–Crippen LogP) is 2.84. The molecule has 3 heteroatoms. The number of epoxide rings is 1. The molecule has 3 nitrogen and oxygen atoms in total. The molecule has 17 heavy (non-hydrogen) atoms. The van der Waals surface area contributed by atoms with E-state index in [4.69, 9.17) is 9.47 Å². The smallest absolute Gasteiger partial charge is 0.330 e. The molecule has 0 unspecified atom stereocenters. The van der Waals surface area contributed by atoms with Gasteiger partial charge in [0.05, 0.1) is 12.2 Å². The summed E-state index contributed by atoms with van der Waals surface area (Å²) in [6.07, 6.45) is 6.85. The molecule has 0 aromatic rings. The highest BCUT2D eigenvalue weighted by atomic mass is 16.6. The van der Waals surface area contributed by atoms with Crippen LogP contribution in [0.3, 0.4) is 0 Å². The highest BCUT2D eigenvalue weighted by Crippen LogP contribution is 2.65. The molecule has 0 spiro atoms. The third-order valence-electron chi connectivity index (χ3n) is 4.33. The molecule has 0 radical (unpaired) electrons. The van der Waals surface area contributed by atoms with E-state index in [1.54, 1.807) is 0 Å². The van der Waals surface area contributed by atoms with Crippen LogP contribution in [0.4, 0.5) is 0 Å². The molecule has 0 bridgehead atoms. The number of carbonyl (C=O) groups is 1. The van der Waals surface area contributed by atoms with Crippen LogP contribution in [0.5, 0.6) is 0 Å². The normalized spacial score (nSPS) is 38.8. The Bertz CT molecular complexity index is 358. The monoisotopic (exact) mass is 238 g/mol. The summed E-state index contributed by atoms with van der Waals surface area (Å²) in [5, 5.41) is 0. The Morgan fingerprint density at radius 1 is 1.35 bits per heavy atom. The van der Waals surface area contributed by atoms with E-state index in [1.807, 2.05) is 13.0 Å². The van der Waals surface area contributed by atoms with E-state index < -0.39 is 0 Å². The van der Waals surface area contributed by atoms with Crippen molar-refractivity contribution in [1.29, 1.82) is 0 Å². The summed E-state index contributed by atoms with van der Waals surface area (Å²) in [6.45, 7) is 8.80. The third-order valence-corrected chi connectivity index (χ3v) is 4.33. The van der Waals surface area contributed by atoms with Crippen LogP contribution in [0, 0.1) is 5.41 Å². The maximum atomic E-state index is 11.4. The first kappa shape index (κ1) is 12.6. The quantitative estimate of drug-likeness (QED) is 0.431. The minimum absolute atomic E-state index is 0.0856. The van der Waals surface area contributed by atoms with Gasteiger partial charge in [0.15, 0.2) is 0 Å². The molecule has 2 aliphatic rings. The number of fused-ring (bicyclic) bond motifs is 1. The van der Waals surface area contributed by atoms with E-state index >= 15 is 0 Å². The molecular weight excluding hydrogens is 216 g/mol. The zero-order chi connectivity index (χ0) is 12.7. The van der Waals surface area contributed by atoms with Gasteiger partial charge in [0.2, 0.25) is 0 Å². The lowest BCUT2D eigenvalue weighted by Crippen LogP contribution is -2.41.